The van der Waals surface area contributed by atoms with E-state index in [0.717, 1.165) is 30.1 Å². The summed E-state index contributed by atoms with van der Waals surface area (Å²) in [5.74, 6) is 2.96. The molecule has 1 rings (SSSR count). The van der Waals surface area contributed by atoms with Crippen LogP contribution in [-0.2, 0) is 4.43 Å². The van der Waals surface area contributed by atoms with Crippen LogP contribution in [0.15, 0.2) is 22.3 Å². The number of allylic oxidation sites excluding steroid dienone is 1. The third kappa shape index (κ3) is 5.02. The monoisotopic (exact) mass is 324 g/mol. The van der Waals surface area contributed by atoms with E-state index < -0.39 is 8.32 Å². The second kappa shape index (κ2) is 7.51. The molecule has 1 atom stereocenters. The van der Waals surface area contributed by atoms with Gasteiger partial charge in [-0.2, -0.15) is 0 Å². The molecule has 0 amide bonds. The number of rotatable bonds is 7. The first-order chi connectivity index (χ1) is 10.1. The van der Waals surface area contributed by atoms with Crippen molar-refractivity contribution in [2.75, 3.05) is 6.61 Å². The molecule has 0 radical (unpaired) electrons. The predicted molar refractivity (Wildman–Crippen MR) is 95.4 cm³/mol. The molecule has 0 saturated carbocycles. The van der Waals surface area contributed by atoms with Crippen LogP contribution >= 0.6 is 0 Å². The Balaban J connectivity index is 2.83. The highest BCUT2D eigenvalue weighted by Crippen LogP contribution is 2.38. The minimum Gasteiger partial charge on any atom is -0.547 e. The topological polar surface area (TPSA) is 42.6 Å². The van der Waals surface area contributed by atoms with E-state index in [0.29, 0.717) is 0 Å². The lowest BCUT2D eigenvalue weighted by Gasteiger charge is -2.36. The maximum absolute atomic E-state index is 9.12. The van der Waals surface area contributed by atoms with E-state index in [1.807, 2.05) is 25.1 Å². The summed E-state index contributed by atoms with van der Waals surface area (Å²) in [5, 5.41) is 9.30. The Kier molecular flexibility index (Phi) is 6.50. The van der Waals surface area contributed by atoms with E-state index in [-0.39, 0.29) is 17.6 Å². The standard InChI is InChI=1S/C18H32O3Si/c1-8-15(11-12-19)17-10-9-16(20-17)13-14(2)21-22(6,7)18(3,4)5/h9-10,13,15,19H,8,11-12H2,1-7H3/b14-13-/t15-/m1/s1. The van der Waals surface area contributed by atoms with Gasteiger partial charge in [0.25, 0.3) is 0 Å². The molecule has 0 aliphatic heterocycles. The molecule has 0 fully saturated rings. The minimum atomic E-state index is -1.80. The predicted octanol–water partition coefficient (Wildman–Crippen LogP) is 5.54. The molecule has 0 bridgehead atoms. The lowest BCUT2D eigenvalue weighted by Crippen LogP contribution is -2.40. The SMILES string of the molecule is CC[C@H](CCO)c1ccc(/C=C(/C)O[Si](C)(C)C(C)(C)C)o1. The van der Waals surface area contributed by atoms with Gasteiger partial charge in [0.15, 0.2) is 0 Å². The lowest BCUT2D eigenvalue weighted by molar-refractivity contribution is 0.265. The molecule has 1 aromatic heterocycles. The van der Waals surface area contributed by atoms with Crippen LogP contribution in [-0.4, -0.2) is 20.0 Å². The zero-order valence-corrected chi connectivity index (χ0v) is 16.2. The number of aliphatic hydroxyl groups excluding tert-OH is 1. The summed E-state index contributed by atoms with van der Waals surface area (Å²) >= 11 is 0. The fourth-order valence-electron chi connectivity index (χ4n) is 2.15. The van der Waals surface area contributed by atoms with Gasteiger partial charge in [-0.15, -0.1) is 0 Å². The van der Waals surface area contributed by atoms with Gasteiger partial charge in [0.05, 0.1) is 5.76 Å². The Morgan fingerprint density at radius 3 is 2.50 bits per heavy atom. The molecule has 1 N–H and O–H groups in total. The average Bonchev–Trinajstić information content (AvgIpc) is 2.81. The van der Waals surface area contributed by atoms with Gasteiger partial charge in [-0.1, -0.05) is 27.7 Å². The molecular weight excluding hydrogens is 292 g/mol. The van der Waals surface area contributed by atoms with Crippen molar-refractivity contribution in [2.24, 2.45) is 0 Å². The largest absolute Gasteiger partial charge is 0.547 e. The molecule has 0 aliphatic rings. The van der Waals surface area contributed by atoms with Crippen LogP contribution in [0.25, 0.3) is 6.08 Å². The van der Waals surface area contributed by atoms with Gasteiger partial charge < -0.3 is 13.9 Å². The van der Waals surface area contributed by atoms with Crippen molar-refractivity contribution < 1.29 is 13.9 Å². The van der Waals surface area contributed by atoms with E-state index in [2.05, 4.69) is 40.8 Å². The summed E-state index contributed by atoms with van der Waals surface area (Å²) in [5.41, 5.74) is 0. The van der Waals surface area contributed by atoms with Crippen molar-refractivity contribution >= 4 is 14.4 Å². The highest BCUT2D eigenvalue weighted by molar-refractivity contribution is 6.74. The maximum atomic E-state index is 9.12. The van der Waals surface area contributed by atoms with E-state index in [1.165, 1.54) is 0 Å². The van der Waals surface area contributed by atoms with E-state index in [1.54, 1.807) is 0 Å². The Morgan fingerprint density at radius 1 is 1.36 bits per heavy atom. The lowest BCUT2D eigenvalue weighted by atomic mass is 10.0. The molecule has 0 aromatic carbocycles. The third-order valence-corrected chi connectivity index (χ3v) is 9.03. The number of furan rings is 1. The molecule has 1 heterocycles. The minimum absolute atomic E-state index is 0.185. The molecule has 0 saturated heterocycles. The quantitative estimate of drug-likeness (QED) is 0.529. The first-order valence-electron chi connectivity index (χ1n) is 8.18. The molecule has 1 aromatic rings. The first-order valence-corrected chi connectivity index (χ1v) is 11.1. The van der Waals surface area contributed by atoms with Crippen molar-refractivity contribution in [3.8, 4) is 0 Å². The van der Waals surface area contributed by atoms with Crippen LogP contribution in [0.4, 0.5) is 0 Å². The maximum Gasteiger partial charge on any atom is 0.250 e. The van der Waals surface area contributed by atoms with Crippen molar-refractivity contribution in [1.82, 2.24) is 0 Å². The molecule has 126 valence electrons. The van der Waals surface area contributed by atoms with Gasteiger partial charge >= 0.3 is 0 Å². The van der Waals surface area contributed by atoms with Gasteiger partial charge in [-0.05, 0) is 50.0 Å². The summed E-state index contributed by atoms with van der Waals surface area (Å²) in [6.07, 6.45) is 3.68. The van der Waals surface area contributed by atoms with Gasteiger partial charge in [0, 0.05) is 18.6 Å². The van der Waals surface area contributed by atoms with E-state index in [9.17, 15) is 0 Å². The van der Waals surface area contributed by atoms with Crippen LogP contribution in [0.2, 0.25) is 18.1 Å². The van der Waals surface area contributed by atoms with Crippen LogP contribution in [0, 0.1) is 0 Å². The second-order valence-electron chi connectivity index (χ2n) is 7.47. The molecular formula is C18H32O3Si. The van der Waals surface area contributed by atoms with Crippen LogP contribution in [0.3, 0.4) is 0 Å². The highest BCUT2D eigenvalue weighted by atomic mass is 28.4. The zero-order valence-electron chi connectivity index (χ0n) is 15.2. The summed E-state index contributed by atoms with van der Waals surface area (Å²) in [6, 6.07) is 3.99. The Morgan fingerprint density at radius 2 is 2.00 bits per heavy atom. The highest BCUT2D eigenvalue weighted by Gasteiger charge is 2.38. The van der Waals surface area contributed by atoms with Gasteiger partial charge in [0.1, 0.15) is 11.5 Å². The summed E-state index contributed by atoms with van der Waals surface area (Å²) in [6.45, 7) is 15.5. The normalized spacial score (nSPS) is 15.0. The van der Waals surface area contributed by atoms with Gasteiger partial charge in [-0.3, -0.25) is 0 Å². The van der Waals surface area contributed by atoms with Gasteiger partial charge in [-0.25, -0.2) is 0 Å². The Hall–Kier alpha value is -1.00. The number of aliphatic hydroxyl groups is 1. The van der Waals surface area contributed by atoms with Crippen molar-refractivity contribution in [1.29, 1.82) is 0 Å². The smallest absolute Gasteiger partial charge is 0.250 e. The van der Waals surface area contributed by atoms with E-state index >= 15 is 0 Å². The number of hydrogen-bond donors (Lipinski definition) is 1. The van der Waals surface area contributed by atoms with Crippen molar-refractivity contribution in [3.63, 3.8) is 0 Å². The zero-order chi connectivity index (χ0) is 17.0. The summed E-state index contributed by atoms with van der Waals surface area (Å²) in [7, 11) is -1.80. The molecule has 0 unspecified atom stereocenters. The fourth-order valence-corrected chi connectivity index (χ4v) is 3.32. The van der Waals surface area contributed by atoms with E-state index in [4.69, 9.17) is 13.9 Å². The summed E-state index contributed by atoms with van der Waals surface area (Å²) in [4.78, 5) is 0. The molecule has 3 nitrogen and oxygen atoms in total. The average molecular weight is 325 g/mol. The second-order valence-corrected chi connectivity index (χ2v) is 12.2. The first kappa shape index (κ1) is 19.0. The summed E-state index contributed by atoms with van der Waals surface area (Å²) < 4.78 is 12.2. The molecule has 4 heteroatoms. The number of hydrogen-bond acceptors (Lipinski definition) is 3. The van der Waals surface area contributed by atoms with Crippen LogP contribution < -0.4 is 0 Å². The Labute approximate surface area is 136 Å². The molecule has 22 heavy (non-hydrogen) atoms. The van der Waals surface area contributed by atoms with Crippen LogP contribution in [0.1, 0.15) is 64.9 Å². The van der Waals surface area contributed by atoms with Crippen molar-refractivity contribution in [3.05, 3.63) is 29.4 Å². The van der Waals surface area contributed by atoms with Crippen molar-refractivity contribution in [2.45, 2.75) is 71.5 Å². The fraction of sp³-hybridized carbons (Fsp3) is 0.667. The van der Waals surface area contributed by atoms with Gasteiger partial charge in [0.2, 0.25) is 8.32 Å². The van der Waals surface area contributed by atoms with Crippen LogP contribution in [0.5, 0.6) is 0 Å². The molecule has 0 spiro atoms. The molecule has 0 aliphatic carbocycles. The Bertz CT molecular complexity index is 495. The third-order valence-electron chi connectivity index (χ3n) is 4.59.